The Bertz CT molecular complexity index is 627. The molecule has 0 saturated heterocycles. The number of anilines is 2. The summed E-state index contributed by atoms with van der Waals surface area (Å²) < 4.78 is 0. The lowest BCUT2D eigenvalue weighted by molar-refractivity contribution is -0.385. The zero-order valence-electron chi connectivity index (χ0n) is 12.0. The molecule has 0 radical (unpaired) electrons. The maximum Gasteiger partial charge on any atom is 0.274 e. The summed E-state index contributed by atoms with van der Waals surface area (Å²) in [5.74, 6) is 0. The number of aromatic nitrogens is 1. The van der Waals surface area contributed by atoms with Crippen LogP contribution in [-0.4, -0.2) is 23.0 Å². The molecule has 7 heteroatoms. The van der Waals surface area contributed by atoms with E-state index in [9.17, 15) is 10.1 Å². The van der Waals surface area contributed by atoms with Gasteiger partial charge in [0.25, 0.3) is 5.69 Å². The van der Waals surface area contributed by atoms with E-state index in [1.807, 2.05) is 11.4 Å². The fraction of sp³-hybridized carbons (Fsp3) is 0.357. The molecule has 0 amide bonds. The number of nitro benzene ring substituents is 1. The standard InChI is InChI=1S/C14H18N4O2S/c1-3-15-8-7-11-9-21-14(16-11)17-12-5-4-6-13(10(12)2)18(19)20/h4-6,9,15H,3,7-8H2,1-2H3,(H,16,17). The van der Waals surface area contributed by atoms with E-state index in [2.05, 4.69) is 22.5 Å². The van der Waals surface area contributed by atoms with Gasteiger partial charge in [-0.1, -0.05) is 13.0 Å². The lowest BCUT2D eigenvalue weighted by Crippen LogP contribution is -2.16. The molecule has 0 aliphatic heterocycles. The molecule has 1 aromatic heterocycles. The number of nitro groups is 1. The largest absolute Gasteiger partial charge is 0.331 e. The van der Waals surface area contributed by atoms with Crippen molar-refractivity contribution in [3.8, 4) is 0 Å². The van der Waals surface area contributed by atoms with E-state index in [4.69, 9.17) is 0 Å². The molecule has 0 aliphatic rings. The molecule has 1 aromatic carbocycles. The first-order valence-corrected chi connectivity index (χ1v) is 7.66. The van der Waals surface area contributed by atoms with E-state index in [1.165, 1.54) is 17.4 Å². The number of nitrogens with one attached hydrogen (secondary N) is 2. The van der Waals surface area contributed by atoms with Gasteiger partial charge in [0.05, 0.1) is 21.9 Å². The van der Waals surface area contributed by atoms with E-state index in [0.717, 1.165) is 36.0 Å². The zero-order valence-corrected chi connectivity index (χ0v) is 12.9. The molecule has 0 bridgehead atoms. The van der Waals surface area contributed by atoms with Crippen LogP contribution in [0.1, 0.15) is 18.2 Å². The number of hydrogen-bond donors (Lipinski definition) is 2. The van der Waals surface area contributed by atoms with Crippen LogP contribution in [0.15, 0.2) is 23.6 Å². The molecule has 21 heavy (non-hydrogen) atoms. The van der Waals surface area contributed by atoms with Gasteiger partial charge in [0.15, 0.2) is 5.13 Å². The molecule has 0 unspecified atom stereocenters. The summed E-state index contributed by atoms with van der Waals surface area (Å²) in [5, 5.41) is 20.1. The third-order valence-electron chi connectivity index (χ3n) is 3.10. The number of hydrogen-bond acceptors (Lipinski definition) is 6. The molecule has 2 aromatic rings. The third kappa shape index (κ3) is 3.99. The Morgan fingerprint density at radius 1 is 1.43 bits per heavy atom. The van der Waals surface area contributed by atoms with Crippen LogP contribution in [0.4, 0.5) is 16.5 Å². The SMILES string of the molecule is CCNCCc1csc(Nc2cccc([N+](=O)[O-])c2C)n1. The van der Waals surface area contributed by atoms with Gasteiger partial charge >= 0.3 is 0 Å². The van der Waals surface area contributed by atoms with Crippen molar-refractivity contribution in [2.45, 2.75) is 20.3 Å². The Morgan fingerprint density at radius 3 is 2.95 bits per heavy atom. The molecule has 0 atom stereocenters. The van der Waals surface area contributed by atoms with Crippen LogP contribution in [0.25, 0.3) is 0 Å². The fourth-order valence-corrected chi connectivity index (χ4v) is 2.70. The predicted molar refractivity (Wildman–Crippen MR) is 85.5 cm³/mol. The van der Waals surface area contributed by atoms with E-state index >= 15 is 0 Å². The molecule has 0 saturated carbocycles. The van der Waals surface area contributed by atoms with Crippen LogP contribution >= 0.6 is 11.3 Å². The lowest BCUT2D eigenvalue weighted by atomic mass is 10.1. The van der Waals surface area contributed by atoms with Crippen LogP contribution in [0.5, 0.6) is 0 Å². The Labute approximate surface area is 127 Å². The average Bonchev–Trinajstić information content (AvgIpc) is 2.89. The van der Waals surface area contributed by atoms with Crippen molar-refractivity contribution >= 4 is 27.8 Å². The predicted octanol–water partition coefficient (Wildman–Crippen LogP) is 3.26. The van der Waals surface area contributed by atoms with E-state index < -0.39 is 0 Å². The van der Waals surface area contributed by atoms with Gasteiger partial charge in [0, 0.05) is 24.4 Å². The zero-order chi connectivity index (χ0) is 15.2. The van der Waals surface area contributed by atoms with Crippen molar-refractivity contribution in [3.63, 3.8) is 0 Å². The normalized spacial score (nSPS) is 10.6. The first kappa shape index (κ1) is 15.4. The number of likely N-dealkylation sites (N-methyl/N-ethyl adjacent to an activating group) is 1. The minimum absolute atomic E-state index is 0.115. The highest BCUT2D eigenvalue weighted by Crippen LogP contribution is 2.29. The highest BCUT2D eigenvalue weighted by atomic mass is 32.1. The Hall–Kier alpha value is -1.99. The maximum atomic E-state index is 10.9. The summed E-state index contributed by atoms with van der Waals surface area (Å²) in [6.45, 7) is 5.65. The number of thiazole rings is 1. The molecule has 0 fully saturated rings. The minimum atomic E-state index is -0.371. The van der Waals surface area contributed by atoms with Gasteiger partial charge in [-0.3, -0.25) is 10.1 Å². The van der Waals surface area contributed by atoms with Crippen molar-refractivity contribution in [1.82, 2.24) is 10.3 Å². The highest BCUT2D eigenvalue weighted by molar-refractivity contribution is 7.13. The second kappa shape index (κ2) is 7.14. The monoisotopic (exact) mass is 306 g/mol. The minimum Gasteiger partial charge on any atom is -0.331 e. The Morgan fingerprint density at radius 2 is 2.24 bits per heavy atom. The summed E-state index contributed by atoms with van der Waals surface area (Å²) in [6, 6.07) is 5.00. The van der Waals surface area contributed by atoms with Gasteiger partial charge < -0.3 is 10.6 Å². The molecule has 112 valence electrons. The second-order valence-corrected chi connectivity index (χ2v) is 5.44. The summed E-state index contributed by atoms with van der Waals surface area (Å²) in [4.78, 5) is 15.1. The summed E-state index contributed by atoms with van der Waals surface area (Å²) in [6.07, 6.45) is 0.875. The van der Waals surface area contributed by atoms with Crippen molar-refractivity contribution < 1.29 is 4.92 Å². The fourth-order valence-electron chi connectivity index (χ4n) is 1.94. The first-order valence-electron chi connectivity index (χ1n) is 6.78. The van der Waals surface area contributed by atoms with E-state index in [1.54, 1.807) is 13.0 Å². The molecule has 6 nitrogen and oxygen atoms in total. The van der Waals surface area contributed by atoms with Gasteiger partial charge in [0.1, 0.15) is 0 Å². The molecular weight excluding hydrogens is 288 g/mol. The topological polar surface area (TPSA) is 80.1 Å². The quantitative estimate of drug-likeness (QED) is 0.466. The van der Waals surface area contributed by atoms with Gasteiger partial charge in [-0.15, -0.1) is 11.3 Å². The summed E-state index contributed by atoms with van der Waals surface area (Å²) >= 11 is 1.51. The van der Waals surface area contributed by atoms with Crippen LogP contribution in [0.2, 0.25) is 0 Å². The van der Waals surface area contributed by atoms with Gasteiger partial charge in [-0.25, -0.2) is 4.98 Å². The molecule has 0 aliphatic carbocycles. The third-order valence-corrected chi connectivity index (χ3v) is 3.91. The number of benzene rings is 1. The lowest BCUT2D eigenvalue weighted by Gasteiger charge is -2.06. The molecule has 0 spiro atoms. The van der Waals surface area contributed by atoms with Crippen molar-refractivity contribution in [3.05, 3.63) is 45.0 Å². The molecule has 2 rings (SSSR count). The summed E-state index contributed by atoms with van der Waals surface area (Å²) in [7, 11) is 0. The van der Waals surface area contributed by atoms with E-state index in [0.29, 0.717) is 5.56 Å². The van der Waals surface area contributed by atoms with Crippen LogP contribution in [-0.2, 0) is 6.42 Å². The molecular formula is C14H18N4O2S. The number of nitrogens with zero attached hydrogens (tertiary/aromatic N) is 2. The molecule has 2 N–H and O–H groups in total. The van der Waals surface area contributed by atoms with Crippen molar-refractivity contribution in [2.24, 2.45) is 0 Å². The summed E-state index contributed by atoms with van der Waals surface area (Å²) in [5.41, 5.74) is 2.47. The smallest absolute Gasteiger partial charge is 0.274 e. The second-order valence-electron chi connectivity index (χ2n) is 4.58. The van der Waals surface area contributed by atoms with E-state index in [-0.39, 0.29) is 10.6 Å². The van der Waals surface area contributed by atoms with Crippen LogP contribution < -0.4 is 10.6 Å². The van der Waals surface area contributed by atoms with Crippen LogP contribution in [0, 0.1) is 17.0 Å². The Balaban J connectivity index is 2.08. The number of rotatable bonds is 7. The van der Waals surface area contributed by atoms with Crippen LogP contribution in [0.3, 0.4) is 0 Å². The first-order chi connectivity index (χ1) is 10.1. The van der Waals surface area contributed by atoms with Gasteiger partial charge in [-0.2, -0.15) is 0 Å². The molecule has 1 heterocycles. The van der Waals surface area contributed by atoms with Gasteiger partial charge in [-0.05, 0) is 19.5 Å². The Kier molecular flexibility index (Phi) is 5.24. The maximum absolute atomic E-state index is 10.9. The highest BCUT2D eigenvalue weighted by Gasteiger charge is 2.14. The average molecular weight is 306 g/mol. The van der Waals surface area contributed by atoms with Crippen molar-refractivity contribution in [2.75, 3.05) is 18.4 Å². The van der Waals surface area contributed by atoms with Gasteiger partial charge in [0.2, 0.25) is 0 Å². The van der Waals surface area contributed by atoms with Crippen molar-refractivity contribution in [1.29, 1.82) is 0 Å².